The summed E-state index contributed by atoms with van der Waals surface area (Å²) in [6.45, 7) is 0. The number of hydrogen-bond donors (Lipinski definition) is 2. The molecular formula is C13H10FNO4S. The van der Waals surface area contributed by atoms with Gasteiger partial charge in [0.15, 0.2) is 5.82 Å². The van der Waals surface area contributed by atoms with Crippen molar-refractivity contribution in [1.29, 1.82) is 0 Å². The van der Waals surface area contributed by atoms with Crippen LogP contribution >= 0.6 is 0 Å². The zero-order valence-corrected chi connectivity index (χ0v) is 10.9. The Morgan fingerprint density at radius 2 is 1.70 bits per heavy atom. The predicted molar refractivity (Wildman–Crippen MR) is 70.2 cm³/mol. The first-order valence-electron chi connectivity index (χ1n) is 5.46. The Kier molecular flexibility index (Phi) is 3.56. The van der Waals surface area contributed by atoms with Gasteiger partial charge in [-0.25, -0.2) is 22.7 Å². The quantitative estimate of drug-likeness (QED) is 0.902. The van der Waals surface area contributed by atoms with Crippen LogP contribution in [-0.4, -0.2) is 19.5 Å². The van der Waals surface area contributed by atoms with Gasteiger partial charge in [-0.2, -0.15) is 0 Å². The van der Waals surface area contributed by atoms with E-state index in [4.69, 9.17) is 10.2 Å². The number of benzene rings is 2. The molecule has 0 fully saturated rings. The number of halogens is 1. The summed E-state index contributed by atoms with van der Waals surface area (Å²) in [6, 6.07) is 10.4. The van der Waals surface area contributed by atoms with Gasteiger partial charge in [-0.1, -0.05) is 36.4 Å². The number of rotatable bonds is 3. The lowest BCUT2D eigenvalue weighted by molar-refractivity contribution is 0.0691. The molecule has 0 bridgehead atoms. The lowest BCUT2D eigenvalue weighted by Gasteiger charge is -2.10. The van der Waals surface area contributed by atoms with Gasteiger partial charge in [0.05, 0.1) is 5.56 Å². The van der Waals surface area contributed by atoms with Gasteiger partial charge in [-0.05, 0) is 11.6 Å². The van der Waals surface area contributed by atoms with Crippen LogP contribution in [-0.2, 0) is 10.0 Å². The molecule has 0 heterocycles. The lowest BCUT2D eigenvalue weighted by atomic mass is 10.0. The number of carboxylic acid groups (broad SMARTS) is 1. The second-order valence-electron chi connectivity index (χ2n) is 4.02. The highest BCUT2D eigenvalue weighted by Gasteiger charge is 2.25. The van der Waals surface area contributed by atoms with Crippen molar-refractivity contribution in [3.05, 3.63) is 53.8 Å². The third kappa shape index (κ3) is 2.54. The zero-order chi connectivity index (χ0) is 14.9. The van der Waals surface area contributed by atoms with Gasteiger partial charge in [0.1, 0.15) is 4.90 Å². The topological polar surface area (TPSA) is 97.5 Å². The van der Waals surface area contributed by atoms with Crippen molar-refractivity contribution < 1.29 is 22.7 Å². The molecule has 20 heavy (non-hydrogen) atoms. The maximum absolute atomic E-state index is 14.1. The molecule has 0 saturated carbocycles. The number of carbonyl (C=O) groups is 1. The first-order valence-corrected chi connectivity index (χ1v) is 7.01. The van der Waals surface area contributed by atoms with Crippen LogP contribution in [0.25, 0.3) is 11.1 Å². The SMILES string of the molecule is NS(=O)(=O)c1c(-c2ccccc2)ccc(C(=O)O)c1F. The maximum atomic E-state index is 14.1. The Balaban J connectivity index is 2.84. The third-order valence-corrected chi connectivity index (χ3v) is 3.66. The molecule has 0 amide bonds. The number of hydrogen-bond acceptors (Lipinski definition) is 3. The number of carboxylic acids is 1. The fraction of sp³-hybridized carbons (Fsp3) is 0. The molecule has 5 nitrogen and oxygen atoms in total. The Morgan fingerprint density at radius 1 is 1.10 bits per heavy atom. The second kappa shape index (κ2) is 5.03. The van der Waals surface area contributed by atoms with Gasteiger partial charge in [0.25, 0.3) is 0 Å². The van der Waals surface area contributed by atoms with Crippen LogP contribution in [0.2, 0.25) is 0 Å². The van der Waals surface area contributed by atoms with Crippen LogP contribution in [0.5, 0.6) is 0 Å². The van der Waals surface area contributed by atoms with Crippen molar-refractivity contribution in [3.63, 3.8) is 0 Å². The number of nitrogens with two attached hydrogens (primary N) is 1. The summed E-state index contributed by atoms with van der Waals surface area (Å²) in [6.07, 6.45) is 0. The van der Waals surface area contributed by atoms with E-state index in [1.807, 2.05) is 0 Å². The maximum Gasteiger partial charge on any atom is 0.338 e. The summed E-state index contributed by atoms with van der Waals surface area (Å²) < 4.78 is 37.3. The molecule has 3 N–H and O–H groups in total. The normalized spacial score (nSPS) is 11.3. The number of aromatic carboxylic acids is 1. The molecule has 2 aromatic rings. The summed E-state index contributed by atoms with van der Waals surface area (Å²) >= 11 is 0. The second-order valence-corrected chi connectivity index (χ2v) is 5.52. The van der Waals surface area contributed by atoms with Gasteiger partial charge >= 0.3 is 5.97 Å². The smallest absolute Gasteiger partial charge is 0.338 e. The predicted octanol–water partition coefficient (Wildman–Crippen LogP) is 1.84. The summed E-state index contributed by atoms with van der Waals surface area (Å²) in [5.41, 5.74) is -0.295. The van der Waals surface area contributed by atoms with E-state index in [-0.39, 0.29) is 5.56 Å². The fourth-order valence-electron chi connectivity index (χ4n) is 1.84. The Bertz CT molecular complexity index is 772. The van der Waals surface area contributed by atoms with E-state index in [2.05, 4.69) is 0 Å². The Hall–Kier alpha value is -2.25. The molecule has 0 aliphatic heterocycles. The average Bonchev–Trinajstić information content (AvgIpc) is 2.37. The summed E-state index contributed by atoms with van der Waals surface area (Å²) in [5.74, 6) is -2.92. The fourth-order valence-corrected chi connectivity index (χ4v) is 2.70. The van der Waals surface area contributed by atoms with Crippen LogP contribution in [0.15, 0.2) is 47.4 Å². The summed E-state index contributed by atoms with van der Waals surface area (Å²) in [7, 11) is -4.41. The van der Waals surface area contributed by atoms with Crippen LogP contribution in [0.3, 0.4) is 0 Å². The molecule has 0 radical (unpaired) electrons. The minimum Gasteiger partial charge on any atom is -0.478 e. The molecular weight excluding hydrogens is 285 g/mol. The molecule has 104 valence electrons. The van der Waals surface area contributed by atoms with E-state index in [1.54, 1.807) is 30.3 Å². The largest absolute Gasteiger partial charge is 0.478 e. The van der Waals surface area contributed by atoms with E-state index >= 15 is 0 Å². The van der Waals surface area contributed by atoms with Gasteiger partial charge in [0, 0.05) is 5.56 Å². The Morgan fingerprint density at radius 3 is 2.20 bits per heavy atom. The van der Waals surface area contributed by atoms with Crippen LogP contribution < -0.4 is 5.14 Å². The third-order valence-electron chi connectivity index (χ3n) is 2.70. The molecule has 0 aliphatic rings. The van der Waals surface area contributed by atoms with Crippen molar-refractivity contribution >= 4 is 16.0 Å². The highest BCUT2D eigenvalue weighted by atomic mass is 32.2. The molecule has 2 rings (SSSR count). The van der Waals surface area contributed by atoms with Gasteiger partial charge in [-0.15, -0.1) is 0 Å². The molecule has 2 aromatic carbocycles. The lowest BCUT2D eigenvalue weighted by Crippen LogP contribution is -2.17. The highest BCUT2D eigenvalue weighted by Crippen LogP contribution is 2.30. The zero-order valence-electron chi connectivity index (χ0n) is 10.1. The van der Waals surface area contributed by atoms with E-state index in [0.29, 0.717) is 5.56 Å². The molecule has 0 aromatic heterocycles. The van der Waals surface area contributed by atoms with Crippen molar-refractivity contribution in [3.8, 4) is 11.1 Å². The summed E-state index contributed by atoms with van der Waals surface area (Å²) in [4.78, 5) is 10.1. The van der Waals surface area contributed by atoms with E-state index in [1.165, 1.54) is 6.07 Å². The first kappa shape index (κ1) is 14.2. The van der Waals surface area contributed by atoms with Crippen molar-refractivity contribution in [2.75, 3.05) is 0 Å². The molecule has 0 unspecified atom stereocenters. The van der Waals surface area contributed by atoms with Crippen molar-refractivity contribution in [1.82, 2.24) is 0 Å². The highest BCUT2D eigenvalue weighted by molar-refractivity contribution is 7.89. The average molecular weight is 295 g/mol. The van der Waals surface area contributed by atoms with E-state index in [0.717, 1.165) is 6.07 Å². The summed E-state index contributed by atoms with van der Waals surface area (Å²) in [5, 5.41) is 13.8. The van der Waals surface area contributed by atoms with Gasteiger partial charge in [0.2, 0.25) is 10.0 Å². The Labute approximate surface area is 114 Å². The van der Waals surface area contributed by atoms with Gasteiger partial charge < -0.3 is 5.11 Å². The number of sulfonamides is 1. The molecule has 0 saturated heterocycles. The van der Waals surface area contributed by atoms with Gasteiger partial charge in [-0.3, -0.25) is 0 Å². The molecule has 0 aliphatic carbocycles. The van der Waals surface area contributed by atoms with E-state index < -0.39 is 32.3 Å². The van der Waals surface area contributed by atoms with E-state index in [9.17, 15) is 17.6 Å². The number of primary sulfonamides is 1. The van der Waals surface area contributed by atoms with Crippen LogP contribution in [0.4, 0.5) is 4.39 Å². The minimum absolute atomic E-state index is 0.0237. The minimum atomic E-state index is -4.41. The molecule has 0 atom stereocenters. The molecule has 7 heteroatoms. The van der Waals surface area contributed by atoms with Crippen molar-refractivity contribution in [2.45, 2.75) is 4.90 Å². The first-order chi connectivity index (χ1) is 9.32. The molecule has 0 spiro atoms. The van der Waals surface area contributed by atoms with Crippen LogP contribution in [0.1, 0.15) is 10.4 Å². The monoisotopic (exact) mass is 295 g/mol. The standard InChI is InChI=1S/C13H10FNO4S/c14-11-10(13(16)17)7-6-9(12(11)20(15,18)19)8-4-2-1-3-5-8/h1-7H,(H,16,17)(H2,15,18,19). The van der Waals surface area contributed by atoms with Crippen molar-refractivity contribution in [2.24, 2.45) is 5.14 Å². The van der Waals surface area contributed by atoms with Crippen LogP contribution in [0, 0.1) is 5.82 Å².